The largest absolute Gasteiger partial charge is 0.466 e. The SMILES string of the molecule is COC(=O)/C=C/CCCC[C@H]1[C@H](COC(=O)c2ccccc2)[C@@H](OC2CCCCO2)C[C@H]1O. The van der Waals surface area contributed by atoms with Gasteiger partial charge < -0.3 is 24.1 Å². The number of allylic oxidation sites excluding steroid dienone is 1. The van der Waals surface area contributed by atoms with Gasteiger partial charge in [0.2, 0.25) is 0 Å². The van der Waals surface area contributed by atoms with Gasteiger partial charge >= 0.3 is 11.9 Å². The van der Waals surface area contributed by atoms with Crippen LogP contribution in [0.1, 0.15) is 61.7 Å². The Morgan fingerprint density at radius 3 is 2.70 bits per heavy atom. The molecule has 7 heteroatoms. The van der Waals surface area contributed by atoms with E-state index < -0.39 is 6.10 Å². The molecule has 0 amide bonds. The van der Waals surface area contributed by atoms with E-state index >= 15 is 0 Å². The Balaban J connectivity index is 1.57. The summed E-state index contributed by atoms with van der Waals surface area (Å²) in [4.78, 5) is 23.7. The molecule has 5 atom stereocenters. The maximum absolute atomic E-state index is 12.5. The first-order valence-electron chi connectivity index (χ1n) is 12.0. The third kappa shape index (κ3) is 7.95. The van der Waals surface area contributed by atoms with Gasteiger partial charge in [0.25, 0.3) is 0 Å². The Kier molecular flexibility index (Phi) is 10.4. The van der Waals surface area contributed by atoms with Crippen LogP contribution < -0.4 is 0 Å². The van der Waals surface area contributed by atoms with Crippen LogP contribution in [0, 0.1) is 11.8 Å². The van der Waals surface area contributed by atoms with E-state index in [1.165, 1.54) is 13.2 Å². The average Bonchev–Trinajstić information content (AvgIpc) is 3.14. The number of carbonyl (C=O) groups is 2. The predicted molar refractivity (Wildman–Crippen MR) is 122 cm³/mol. The summed E-state index contributed by atoms with van der Waals surface area (Å²) in [5, 5.41) is 10.8. The summed E-state index contributed by atoms with van der Waals surface area (Å²) in [5.41, 5.74) is 0.512. The molecule has 1 aliphatic carbocycles. The molecule has 2 aliphatic rings. The summed E-state index contributed by atoms with van der Waals surface area (Å²) < 4.78 is 22.3. The van der Waals surface area contributed by atoms with E-state index in [-0.39, 0.29) is 42.8 Å². The second kappa shape index (κ2) is 13.5. The molecular weight excluding hydrogens is 424 g/mol. The van der Waals surface area contributed by atoms with Crippen molar-refractivity contribution in [2.45, 2.75) is 69.9 Å². The summed E-state index contributed by atoms with van der Waals surface area (Å²) in [7, 11) is 1.36. The maximum Gasteiger partial charge on any atom is 0.338 e. The van der Waals surface area contributed by atoms with Crippen molar-refractivity contribution in [2.75, 3.05) is 20.3 Å². The molecule has 1 aliphatic heterocycles. The van der Waals surface area contributed by atoms with Crippen molar-refractivity contribution < 1.29 is 33.6 Å². The molecule has 1 heterocycles. The first-order chi connectivity index (χ1) is 16.1. The fraction of sp³-hybridized carbons (Fsp3) is 0.615. The summed E-state index contributed by atoms with van der Waals surface area (Å²) in [6, 6.07) is 8.93. The normalized spacial score (nSPS) is 27.5. The Labute approximate surface area is 196 Å². The van der Waals surface area contributed by atoms with Gasteiger partial charge in [-0.2, -0.15) is 0 Å². The predicted octanol–water partition coefficient (Wildman–Crippen LogP) is 4.04. The van der Waals surface area contributed by atoms with Crippen molar-refractivity contribution >= 4 is 11.9 Å². The van der Waals surface area contributed by atoms with E-state index in [9.17, 15) is 14.7 Å². The molecule has 1 aromatic carbocycles. The lowest BCUT2D eigenvalue weighted by Crippen LogP contribution is -2.34. The van der Waals surface area contributed by atoms with Gasteiger partial charge in [0.1, 0.15) is 0 Å². The van der Waals surface area contributed by atoms with Crippen LogP contribution in [0.2, 0.25) is 0 Å². The number of rotatable bonds is 11. The second-order valence-corrected chi connectivity index (χ2v) is 8.78. The van der Waals surface area contributed by atoms with Crippen LogP contribution in [0.5, 0.6) is 0 Å². The van der Waals surface area contributed by atoms with Gasteiger partial charge in [-0.25, -0.2) is 9.59 Å². The number of ether oxygens (including phenoxy) is 4. The fourth-order valence-corrected chi connectivity index (χ4v) is 4.68. The van der Waals surface area contributed by atoms with Crippen LogP contribution in [0.15, 0.2) is 42.5 Å². The maximum atomic E-state index is 12.5. The van der Waals surface area contributed by atoms with Crippen LogP contribution in [0.4, 0.5) is 0 Å². The molecule has 1 aromatic rings. The number of methoxy groups -OCH3 is 1. The Bertz CT molecular complexity index is 757. The van der Waals surface area contributed by atoms with Crippen LogP contribution in [0.25, 0.3) is 0 Å². The summed E-state index contributed by atoms with van der Waals surface area (Å²) in [6.07, 6.45) is 9.08. The second-order valence-electron chi connectivity index (χ2n) is 8.78. The number of hydrogen-bond donors (Lipinski definition) is 1. The van der Waals surface area contributed by atoms with E-state index in [1.54, 1.807) is 24.3 Å². The molecule has 0 spiro atoms. The summed E-state index contributed by atoms with van der Waals surface area (Å²) in [6.45, 7) is 0.894. The Hall–Kier alpha value is -2.22. The molecule has 1 saturated carbocycles. The number of hydrogen-bond acceptors (Lipinski definition) is 7. The molecule has 3 rings (SSSR count). The Morgan fingerprint density at radius 2 is 1.97 bits per heavy atom. The van der Waals surface area contributed by atoms with Gasteiger partial charge in [-0.05, 0) is 56.6 Å². The van der Waals surface area contributed by atoms with Crippen molar-refractivity contribution in [1.82, 2.24) is 0 Å². The molecule has 7 nitrogen and oxygen atoms in total. The number of aliphatic hydroxyl groups excluding tert-OH is 1. The van der Waals surface area contributed by atoms with Gasteiger partial charge in [-0.3, -0.25) is 0 Å². The van der Waals surface area contributed by atoms with E-state index in [0.717, 1.165) is 44.9 Å². The molecule has 2 fully saturated rings. The third-order valence-electron chi connectivity index (χ3n) is 6.49. The highest BCUT2D eigenvalue weighted by Gasteiger charge is 2.44. The topological polar surface area (TPSA) is 91.3 Å². The molecule has 0 radical (unpaired) electrons. The number of carbonyl (C=O) groups excluding carboxylic acids is 2. The van der Waals surface area contributed by atoms with Crippen LogP contribution >= 0.6 is 0 Å². The molecule has 1 N–H and O–H groups in total. The van der Waals surface area contributed by atoms with Gasteiger partial charge in [0, 0.05) is 25.0 Å². The minimum atomic E-state index is -0.510. The first-order valence-corrected chi connectivity index (χ1v) is 12.0. The van der Waals surface area contributed by atoms with Gasteiger partial charge in [-0.15, -0.1) is 0 Å². The van der Waals surface area contributed by atoms with Crippen LogP contribution in [0.3, 0.4) is 0 Å². The van der Waals surface area contributed by atoms with Gasteiger partial charge in [0.15, 0.2) is 6.29 Å². The van der Waals surface area contributed by atoms with E-state index in [1.807, 2.05) is 12.1 Å². The van der Waals surface area contributed by atoms with Crippen molar-refractivity contribution in [3.8, 4) is 0 Å². The third-order valence-corrected chi connectivity index (χ3v) is 6.49. The molecule has 1 unspecified atom stereocenters. The van der Waals surface area contributed by atoms with E-state index in [4.69, 9.17) is 14.2 Å². The van der Waals surface area contributed by atoms with Crippen molar-refractivity contribution in [1.29, 1.82) is 0 Å². The van der Waals surface area contributed by atoms with Crippen molar-refractivity contribution in [3.05, 3.63) is 48.0 Å². The molecule has 182 valence electrons. The molecule has 33 heavy (non-hydrogen) atoms. The fourth-order valence-electron chi connectivity index (χ4n) is 4.68. The molecule has 0 aromatic heterocycles. The number of aliphatic hydroxyl groups is 1. The summed E-state index contributed by atoms with van der Waals surface area (Å²) >= 11 is 0. The van der Waals surface area contributed by atoms with E-state index in [0.29, 0.717) is 18.6 Å². The smallest absolute Gasteiger partial charge is 0.338 e. The monoisotopic (exact) mass is 460 g/mol. The lowest BCUT2D eigenvalue weighted by Gasteiger charge is -2.30. The van der Waals surface area contributed by atoms with Crippen LogP contribution in [-0.2, 0) is 23.7 Å². The lowest BCUT2D eigenvalue weighted by molar-refractivity contribution is -0.198. The number of esters is 2. The highest BCUT2D eigenvalue weighted by molar-refractivity contribution is 5.89. The number of benzene rings is 1. The summed E-state index contributed by atoms with van der Waals surface area (Å²) in [5.74, 6) is -0.835. The van der Waals surface area contributed by atoms with Crippen LogP contribution in [-0.4, -0.2) is 55.9 Å². The molecular formula is C26H36O7. The van der Waals surface area contributed by atoms with Crippen molar-refractivity contribution in [3.63, 3.8) is 0 Å². The molecule has 0 bridgehead atoms. The standard InChI is InChI=1S/C26H36O7/c1-30-24(28)14-8-3-2-7-13-20-21(18-32-26(29)19-11-5-4-6-12-19)23(17-22(20)27)33-25-15-9-10-16-31-25/h4-6,8,11-12,14,20-23,25,27H,2-3,7,9-10,13,15-18H2,1H3/b14-8+/t20-,21-,22+,23-,25?/m0/s1. The number of unbranched alkanes of at least 4 members (excludes halogenated alkanes) is 2. The lowest BCUT2D eigenvalue weighted by atomic mass is 9.89. The molecule has 1 saturated heterocycles. The zero-order chi connectivity index (χ0) is 23.5. The zero-order valence-corrected chi connectivity index (χ0v) is 19.4. The van der Waals surface area contributed by atoms with Crippen molar-refractivity contribution in [2.24, 2.45) is 11.8 Å². The highest BCUT2D eigenvalue weighted by atomic mass is 16.7. The van der Waals surface area contributed by atoms with Gasteiger partial charge in [-0.1, -0.05) is 30.7 Å². The highest BCUT2D eigenvalue weighted by Crippen LogP contribution is 2.39. The quantitative estimate of drug-likeness (QED) is 0.303. The minimum Gasteiger partial charge on any atom is -0.466 e. The minimum absolute atomic E-state index is 0.0215. The average molecular weight is 461 g/mol. The van der Waals surface area contributed by atoms with Gasteiger partial charge in [0.05, 0.1) is 31.5 Å². The first kappa shape index (κ1) is 25.4. The zero-order valence-electron chi connectivity index (χ0n) is 19.4. The Morgan fingerprint density at radius 1 is 1.15 bits per heavy atom. The van der Waals surface area contributed by atoms with E-state index in [2.05, 4.69) is 4.74 Å².